The lowest BCUT2D eigenvalue weighted by Gasteiger charge is -2.22. The number of rotatable bonds is 7. The average Bonchev–Trinajstić information content (AvgIpc) is 2.61. The van der Waals surface area contributed by atoms with Crippen LogP contribution in [0.4, 0.5) is 0 Å². The second-order valence-electron chi connectivity index (χ2n) is 6.31. The first-order valence-corrected chi connectivity index (χ1v) is 9.12. The molecule has 0 fully saturated rings. The summed E-state index contributed by atoms with van der Waals surface area (Å²) in [4.78, 5) is 12.7. The van der Waals surface area contributed by atoms with Crippen LogP contribution in [0.5, 0.6) is 5.75 Å². The Labute approximate surface area is 155 Å². The zero-order chi connectivity index (χ0) is 18.4. The molecular formula is C21H26ClNO2. The van der Waals surface area contributed by atoms with E-state index in [-0.39, 0.29) is 11.9 Å². The Kier molecular flexibility index (Phi) is 6.89. The van der Waals surface area contributed by atoms with Crippen molar-refractivity contribution < 1.29 is 9.53 Å². The van der Waals surface area contributed by atoms with Crippen molar-refractivity contribution in [1.29, 1.82) is 0 Å². The van der Waals surface area contributed by atoms with Gasteiger partial charge >= 0.3 is 0 Å². The third-order valence-electron chi connectivity index (χ3n) is 4.28. The molecule has 0 aliphatic heterocycles. The molecule has 2 aromatic carbocycles. The van der Waals surface area contributed by atoms with Crippen LogP contribution in [0.1, 0.15) is 49.4 Å². The van der Waals surface area contributed by atoms with Gasteiger partial charge in [-0.05, 0) is 56.0 Å². The summed E-state index contributed by atoms with van der Waals surface area (Å²) >= 11 is 6.05. The maximum Gasteiger partial charge on any atom is 0.261 e. The summed E-state index contributed by atoms with van der Waals surface area (Å²) in [6.07, 6.45) is 0.892. The van der Waals surface area contributed by atoms with Crippen molar-refractivity contribution in [2.45, 2.75) is 52.7 Å². The smallest absolute Gasteiger partial charge is 0.261 e. The number of ether oxygens (including phenoxy) is 1. The summed E-state index contributed by atoms with van der Waals surface area (Å²) < 4.78 is 5.89. The lowest BCUT2D eigenvalue weighted by molar-refractivity contribution is -0.128. The minimum atomic E-state index is -0.528. The lowest BCUT2D eigenvalue weighted by atomic mass is 10.0. The minimum absolute atomic E-state index is 0.0160. The van der Waals surface area contributed by atoms with Crippen LogP contribution in [0.3, 0.4) is 0 Å². The van der Waals surface area contributed by atoms with Crippen molar-refractivity contribution in [3.63, 3.8) is 0 Å². The summed E-state index contributed by atoms with van der Waals surface area (Å²) in [5.74, 6) is 0.565. The molecule has 0 spiro atoms. The van der Waals surface area contributed by atoms with Crippen molar-refractivity contribution in [3.05, 3.63) is 64.2 Å². The third kappa shape index (κ3) is 5.23. The summed E-state index contributed by atoms with van der Waals surface area (Å²) in [6, 6.07) is 13.7. The first-order valence-electron chi connectivity index (χ1n) is 8.74. The molecule has 1 amide bonds. The van der Waals surface area contributed by atoms with Gasteiger partial charge in [-0.25, -0.2) is 0 Å². The van der Waals surface area contributed by atoms with Crippen molar-refractivity contribution in [1.82, 2.24) is 5.32 Å². The van der Waals surface area contributed by atoms with E-state index in [0.717, 1.165) is 17.5 Å². The molecule has 0 aliphatic rings. The highest BCUT2D eigenvalue weighted by Gasteiger charge is 2.22. The summed E-state index contributed by atoms with van der Waals surface area (Å²) in [5.41, 5.74) is 3.25. The van der Waals surface area contributed by atoms with Crippen LogP contribution in [0.2, 0.25) is 5.02 Å². The van der Waals surface area contributed by atoms with Gasteiger partial charge in [0, 0.05) is 5.02 Å². The van der Waals surface area contributed by atoms with Gasteiger partial charge in [0.15, 0.2) is 6.10 Å². The Hall–Kier alpha value is -2.00. The first kappa shape index (κ1) is 19.3. The van der Waals surface area contributed by atoms with Crippen LogP contribution in [-0.4, -0.2) is 12.0 Å². The van der Waals surface area contributed by atoms with E-state index in [4.69, 9.17) is 16.3 Å². The summed E-state index contributed by atoms with van der Waals surface area (Å²) in [5, 5.41) is 3.80. The van der Waals surface area contributed by atoms with Gasteiger partial charge in [0.2, 0.25) is 0 Å². The fourth-order valence-corrected chi connectivity index (χ4v) is 2.78. The van der Waals surface area contributed by atoms with Crippen molar-refractivity contribution in [2.24, 2.45) is 0 Å². The summed E-state index contributed by atoms with van der Waals surface area (Å²) in [7, 11) is 0. The van der Waals surface area contributed by atoms with Crippen LogP contribution < -0.4 is 10.1 Å². The van der Waals surface area contributed by atoms with Crippen molar-refractivity contribution in [2.75, 3.05) is 0 Å². The number of benzene rings is 2. The molecule has 2 rings (SSSR count). The van der Waals surface area contributed by atoms with Gasteiger partial charge in [-0.15, -0.1) is 0 Å². The van der Waals surface area contributed by atoms with Gasteiger partial charge in [-0.1, -0.05) is 55.3 Å². The largest absolute Gasteiger partial charge is 0.481 e. The van der Waals surface area contributed by atoms with E-state index >= 15 is 0 Å². The van der Waals surface area contributed by atoms with Gasteiger partial charge in [-0.2, -0.15) is 0 Å². The minimum Gasteiger partial charge on any atom is -0.481 e. The number of aryl methyl sites for hydroxylation is 2. The molecule has 0 bridgehead atoms. The SMILES string of the molecule is CC[C@@H](Oc1ccc(Cl)c(C)c1)C(=O)N[C@H](CC)c1ccc(C)cc1. The topological polar surface area (TPSA) is 38.3 Å². The van der Waals surface area contributed by atoms with Crippen molar-refractivity contribution in [3.8, 4) is 5.75 Å². The van der Waals surface area contributed by atoms with Gasteiger partial charge in [0.1, 0.15) is 5.75 Å². The Morgan fingerprint density at radius 2 is 1.76 bits per heavy atom. The van der Waals surface area contributed by atoms with E-state index < -0.39 is 6.10 Å². The Morgan fingerprint density at radius 1 is 1.08 bits per heavy atom. The molecule has 134 valence electrons. The van der Waals surface area contributed by atoms with Gasteiger partial charge in [-0.3, -0.25) is 4.79 Å². The molecule has 0 unspecified atom stereocenters. The highest BCUT2D eigenvalue weighted by molar-refractivity contribution is 6.31. The molecule has 25 heavy (non-hydrogen) atoms. The Morgan fingerprint density at radius 3 is 2.32 bits per heavy atom. The molecular weight excluding hydrogens is 334 g/mol. The molecule has 0 radical (unpaired) electrons. The predicted octanol–water partition coefficient (Wildman–Crippen LogP) is 5.38. The molecule has 0 aliphatic carbocycles. The van der Waals surface area contributed by atoms with Crippen LogP contribution in [0.25, 0.3) is 0 Å². The van der Waals surface area contributed by atoms with E-state index in [1.807, 2.05) is 19.9 Å². The molecule has 0 saturated carbocycles. The maximum atomic E-state index is 12.7. The van der Waals surface area contributed by atoms with Gasteiger partial charge in [0.05, 0.1) is 6.04 Å². The first-order chi connectivity index (χ1) is 11.9. The third-order valence-corrected chi connectivity index (χ3v) is 4.70. The quantitative estimate of drug-likeness (QED) is 0.720. The number of amides is 1. The fourth-order valence-electron chi connectivity index (χ4n) is 2.66. The molecule has 0 heterocycles. The number of nitrogens with one attached hydrogen (secondary N) is 1. The highest BCUT2D eigenvalue weighted by Crippen LogP contribution is 2.23. The molecule has 4 heteroatoms. The molecule has 2 atom stereocenters. The number of hydrogen-bond donors (Lipinski definition) is 1. The Balaban J connectivity index is 2.07. The van der Waals surface area contributed by atoms with Gasteiger partial charge < -0.3 is 10.1 Å². The second-order valence-corrected chi connectivity index (χ2v) is 6.71. The molecule has 0 aromatic heterocycles. The van der Waals surface area contributed by atoms with Crippen LogP contribution in [0.15, 0.2) is 42.5 Å². The van der Waals surface area contributed by atoms with Crippen molar-refractivity contribution >= 4 is 17.5 Å². The van der Waals surface area contributed by atoms with E-state index in [0.29, 0.717) is 17.2 Å². The number of carbonyl (C=O) groups excluding carboxylic acids is 1. The number of hydrogen-bond acceptors (Lipinski definition) is 2. The average molecular weight is 360 g/mol. The number of carbonyl (C=O) groups is 1. The summed E-state index contributed by atoms with van der Waals surface area (Å²) in [6.45, 7) is 7.98. The molecule has 0 saturated heterocycles. The standard InChI is InChI=1S/C21H26ClNO2/c1-5-19(16-9-7-14(3)8-10-16)23-21(24)20(6-2)25-17-11-12-18(22)15(4)13-17/h7-13,19-20H,5-6H2,1-4H3,(H,23,24)/t19-,20-/m1/s1. The molecule has 2 aromatic rings. The highest BCUT2D eigenvalue weighted by atomic mass is 35.5. The van der Waals surface area contributed by atoms with Crippen LogP contribution in [-0.2, 0) is 4.79 Å². The number of halogens is 1. The zero-order valence-corrected chi connectivity index (χ0v) is 16.1. The van der Waals surface area contributed by atoms with Crippen LogP contribution >= 0.6 is 11.6 Å². The predicted molar refractivity (Wildman–Crippen MR) is 103 cm³/mol. The Bertz CT molecular complexity index is 712. The second kappa shape index (κ2) is 8.91. The van der Waals surface area contributed by atoms with Crippen LogP contribution in [0, 0.1) is 13.8 Å². The molecule has 3 nitrogen and oxygen atoms in total. The van der Waals surface area contributed by atoms with E-state index in [1.54, 1.807) is 12.1 Å². The monoisotopic (exact) mass is 359 g/mol. The zero-order valence-electron chi connectivity index (χ0n) is 15.3. The molecule has 1 N–H and O–H groups in total. The van der Waals surface area contributed by atoms with E-state index in [1.165, 1.54) is 5.56 Å². The van der Waals surface area contributed by atoms with Gasteiger partial charge in [0.25, 0.3) is 5.91 Å². The maximum absolute atomic E-state index is 12.7. The van der Waals surface area contributed by atoms with E-state index in [9.17, 15) is 4.79 Å². The normalized spacial score (nSPS) is 13.2. The lowest BCUT2D eigenvalue weighted by Crippen LogP contribution is -2.39. The fraction of sp³-hybridized carbons (Fsp3) is 0.381. The van der Waals surface area contributed by atoms with E-state index in [2.05, 4.69) is 43.4 Å².